The summed E-state index contributed by atoms with van der Waals surface area (Å²) in [5.41, 5.74) is 3.18. The Labute approximate surface area is 149 Å². The first-order chi connectivity index (χ1) is 11.7. The van der Waals surface area contributed by atoms with E-state index in [1.54, 1.807) is 0 Å². The second-order valence-corrected chi connectivity index (χ2v) is 7.23. The van der Waals surface area contributed by atoms with Crippen molar-refractivity contribution in [2.45, 2.75) is 44.9 Å². The quantitative estimate of drug-likeness (QED) is 0.783. The minimum atomic E-state index is -0.484. The first-order valence-electron chi connectivity index (χ1n) is 8.36. The van der Waals surface area contributed by atoms with Gasteiger partial charge in [-0.25, -0.2) is 9.37 Å². The SMILES string of the molecule is Cc1cc(-c2nc(Br)c3n2CC(CF)OCC3)ccc1OC1CC1. The average molecular weight is 395 g/mol. The number of rotatable bonds is 4. The predicted octanol–water partition coefficient (Wildman–Crippen LogP) is 4.07. The van der Waals surface area contributed by atoms with Crippen molar-refractivity contribution in [3.8, 4) is 17.1 Å². The molecule has 0 spiro atoms. The first kappa shape index (κ1) is 16.1. The average Bonchev–Trinajstić information content (AvgIpc) is 3.36. The molecule has 4 nitrogen and oxygen atoms in total. The van der Waals surface area contributed by atoms with Gasteiger partial charge in [0, 0.05) is 12.0 Å². The van der Waals surface area contributed by atoms with Crippen LogP contribution in [0.15, 0.2) is 22.8 Å². The van der Waals surface area contributed by atoms with E-state index in [0.717, 1.165) is 52.3 Å². The lowest BCUT2D eigenvalue weighted by atomic mass is 10.1. The molecule has 1 fully saturated rings. The zero-order valence-electron chi connectivity index (χ0n) is 13.6. The van der Waals surface area contributed by atoms with Crippen LogP contribution in [0.1, 0.15) is 24.1 Å². The van der Waals surface area contributed by atoms with Gasteiger partial charge >= 0.3 is 0 Å². The van der Waals surface area contributed by atoms with Crippen molar-refractivity contribution in [1.29, 1.82) is 0 Å². The van der Waals surface area contributed by atoms with Crippen LogP contribution in [-0.4, -0.2) is 35.0 Å². The molecule has 128 valence electrons. The van der Waals surface area contributed by atoms with Crippen LogP contribution in [0, 0.1) is 6.92 Å². The molecule has 1 aliphatic heterocycles. The number of halogens is 2. The molecule has 24 heavy (non-hydrogen) atoms. The molecule has 1 aliphatic carbocycles. The van der Waals surface area contributed by atoms with Gasteiger partial charge in [0.2, 0.25) is 0 Å². The molecule has 1 unspecified atom stereocenters. The van der Waals surface area contributed by atoms with Crippen molar-refractivity contribution < 1.29 is 13.9 Å². The number of fused-ring (bicyclic) bond motifs is 1. The molecule has 1 aromatic heterocycles. The van der Waals surface area contributed by atoms with Crippen LogP contribution in [0.25, 0.3) is 11.4 Å². The zero-order chi connectivity index (χ0) is 16.7. The number of hydrogen-bond donors (Lipinski definition) is 0. The van der Waals surface area contributed by atoms with E-state index in [9.17, 15) is 4.39 Å². The Morgan fingerprint density at radius 1 is 1.42 bits per heavy atom. The van der Waals surface area contributed by atoms with E-state index in [-0.39, 0.29) is 0 Å². The van der Waals surface area contributed by atoms with E-state index < -0.39 is 12.8 Å². The third kappa shape index (κ3) is 3.09. The topological polar surface area (TPSA) is 36.3 Å². The molecular formula is C18H20BrFN2O2. The lowest BCUT2D eigenvalue weighted by Gasteiger charge is -2.15. The summed E-state index contributed by atoms with van der Waals surface area (Å²) >= 11 is 3.54. The number of benzene rings is 1. The summed E-state index contributed by atoms with van der Waals surface area (Å²) in [5.74, 6) is 1.79. The summed E-state index contributed by atoms with van der Waals surface area (Å²) in [6, 6.07) is 6.14. The Morgan fingerprint density at radius 2 is 2.25 bits per heavy atom. The molecule has 0 N–H and O–H groups in total. The normalized spacial score (nSPS) is 20.5. The fraction of sp³-hybridized carbons (Fsp3) is 0.500. The van der Waals surface area contributed by atoms with Gasteiger partial charge in [-0.05, 0) is 59.5 Å². The summed E-state index contributed by atoms with van der Waals surface area (Å²) < 4.78 is 27.5. The number of aryl methyl sites for hydroxylation is 1. The lowest BCUT2D eigenvalue weighted by molar-refractivity contribution is 0.0355. The van der Waals surface area contributed by atoms with E-state index >= 15 is 0 Å². The minimum absolute atomic E-state index is 0.383. The largest absolute Gasteiger partial charge is 0.490 e. The molecule has 0 radical (unpaired) electrons. The zero-order valence-corrected chi connectivity index (χ0v) is 15.2. The highest BCUT2D eigenvalue weighted by atomic mass is 79.9. The molecule has 0 amide bonds. The van der Waals surface area contributed by atoms with Gasteiger partial charge in [0.15, 0.2) is 0 Å². The maximum Gasteiger partial charge on any atom is 0.141 e. The Morgan fingerprint density at radius 3 is 2.96 bits per heavy atom. The van der Waals surface area contributed by atoms with Crippen LogP contribution < -0.4 is 4.74 Å². The molecule has 4 rings (SSSR count). The fourth-order valence-electron chi connectivity index (χ4n) is 3.07. The number of imidazole rings is 1. The Kier molecular flexibility index (Phi) is 4.35. The van der Waals surface area contributed by atoms with Crippen molar-refractivity contribution in [2.24, 2.45) is 0 Å². The smallest absolute Gasteiger partial charge is 0.141 e. The molecule has 2 heterocycles. The molecular weight excluding hydrogens is 375 g/mol. The van der Waals surface area contributed by atoms with Gasteiger partial charge in [-0.1, -0.05) is 0 Å². The second kappa shape index (κ2) is 6.48. The van der Waals surface area contributed by atoms with Crippen molar-refractivity contribution in [3.05, 3.63) is 34.1 Å². The summed E-state index contributed by atoms with van der Waals surface area (Å²) in [6.45, 7) is 2.57. The second-order valence-electron chi connectivity index (χ2n) is 6.48. The standard InChI is InChI=1S/C18H20BrFN2O2/c1-11-8-12(2-5-16(11)24-13-3-4-13)18-21-17(19)15-6-7-23-14(9-20)10-22(15)18/h2,5,8,13-14H,3-4,6-7,9-10H2,1H3. The van der Waals surface area contributed by atoms with Crippen LogP contribution in [-0.2, 0) is 17.7 Å². The number of ether oxygens (including phenoxy) is 2. The van der Waals surface area contributed by atoms with Crippen molar-refractivity contribution in [1.82, 2.24) is 9.55 Å². The molecule has 1 aromatic carbocycles. The highest BCUT2D eigenvalue weighted by molar-refractivity contribution is 9.10. The van der Waals surface area contributed by atoms with Crippen LogP contribution >= 0.6 is 15.9 Å². The van der Waals surface area contributed by atoms with Gasteiger partial charge < -0.3 is 14.0 Å². The number of nitrogens with zero attached hydrogens (tertiary/aromatic N) is 2. The van der Waals surface area contributed by atoms with E-state index in [1.807, 2.05) is 12.1 Å². The number of alkyl halides is 1. The maximum atomic E-state index is 13.2. The predicted molar refractivity (Wildman–Crippen MR) is 93.2 cm³/mol. The van der Waals surface area contributed by atoms with Crippen molar-refractivity contribution in [3.63, 3.8) is 0 Å². The molecule has 0 saturated heterocycles. The van der Waals surface area contributed by atoms with E-state index in [4.69, 9.17) is 9.47 Å². The van der Waals surface area contributed by atoms with Crippen LogP contribution in [0.2, 0.25) is 0 Å². The number of hydrogen-bond acceptors (Lipinski definition) is 3. The number of aromatic nitrogens is 2. The fourth-order valence-corrected chi connectivity index (χ4v) is 3.65. The summed E-state index contributed by atoms with van der Waals surface area (Å²) in [7, 11) is 0. The molecule has 1 atom stereocenters. The van der Waals surface area contributed by atoms with Gasteiger partial charge in [-0.2, -0.15) is 0 Å². The molecule has 2 aliphatic rings. The Bertz CT molecular complexity index is 758. The van der Waals surface area contributed by atoms with Crippen molar-refractivity contribution >= 4 is 15.9 Å². The molecule has 2 aromatic rings. The summed E-state index contributed by atoms with van der Waals surface area (Å²) in [5, 5.41) is 0. The Hall–Kier alpha value is -1.40. The highest BCUT2D eigenvalue weighted by Crippen LogP contribution is 2.33. The van der Waals surface area contributed by atoms with Gasteiger partial charge in [-0.15, -0.1) is 0 Å². The van der Waals surface area contributed by atoms with Crippen LogP contribution in [0.4, 0.5) is 4.39 Å². The van der Waals surface area contributed by atoms with E-state index in [0.29, 0.717) is 19.3 Å². The molecule has 0 bridgehead atoms. The van der Waals surface area contributed by atoms with Gasteiger partial charge in [-0.3, -0.25) is 0 Å². The third-order valence-corrected chi connectivity index (χ3v) is 5.16. The maximum absolute atomic E-state index is 13.2. The Balaban J connectivity index is 1.70. The van der Waals surface area contributed by atoms with Crippen LogP contribution in [0.3, 0.4) is 0 Å². The minimum Gasteiger partial charge on any atom is -0.490 e. The van der Waals surface area contributed by atoms with Gasteiger partial charge in [0.05, 0.1) is 24.9 Å². The van der Waals surface area contributed by atoms with Gasteiger partial charge in [0.25, 0.3) is 0 Å². The first-order valence-corrected chi connectivity index (χ1v) is 9.15. The van der Waals surface area contributed by atoms with Crippen molar-refractivity contribution in [2.75, 3.05) is 13.3 Å². The van der Waals surface area contributed by atoms with E-state index in [2.05, 4.69) is 38.5 Å². The highest BCUT2D eigenvalue weighted by Gasteiger charge is 2.26. The van der Waals surface area contributed by atoms with Crippen LogP contribution in [0.5, 0.6) is 5.75 Å². The van der Waals surface area contributed by atoms with Gasteiger partial charge in [0.1, 0.15) is 29.0 Å². The lowest BCUT2D eigenvalue weighted by Crippen LogP contribution is -2.21. The third-order valence-electron chi connectivity index (χ3n) is 4.53. The summed E-state index contributed by atoms with van der Waals surface area (Å²) in [6.07, 6.45) is 2.99. The monoisotopic (exact) mass is 394 g/mol. The summed E-state index contributed by atoms with van der Waals surface area (Å²) in [4.78, 5) is 4.68. The van der Waals surface area contributed by atoms with E-state index in [1.165, 1.54) is 0 Å². The molecule has 1 saturated carbocycles. The molecule has 6 heteroatoms.